The summed E-state index contributed by atoms with van der Waals surface area (Å²) in [5.41, 5.74) is 0.397. The molecule has 0 spiro atoms. The van der Waals surface area contributed by atoms with Gasteiger partial charge in [0.15, 0.2) is 0 Å². The molecule has 0 radical (unpaired) electrons. The Hall–Kier alpha value is -2.13. The number of rotatable bonds is 2. The number of aromatic nitrogens is 1. The van der Waals surface area contributed by atoms with Gasteiger partial charge in [-0.05, 0) is 6.92 Å². The molecule has 1 rings (SSSR count). The Kier molecular flexibility index (Phi) is 4.63. The van der Waals surface area contributed by atoms with E-state index in [1.165, 1.54) is 20.2 Å². The average Bonchev–Trinajstić information content (AvgIpc) is 2.31. The van der Waals surface area contributed by atoms with Crippen molar-refractivity contribution in [3.63, 3.8) is 0 Å². The van der Waals surface area contributed by atoms with E-state index in [1.807, 2.05) is 0 Å². The normalized spacial score (nSPS) is 9.28. The number of esters is 1. The summed E-state index contributed by atoms with van der Waals surface area (Å²) < 4.78 is 4.41. The summed E-state index contributed by atoms with van der Waals surface area (Å²) in [6, 6.07) is 0. The van der Waals surface area contributed by atoms with Crippen molar-refractivity contribution in [1.29, 1.82) is 0 Å². The number of methoxy groups -OCH3 is 1. The minimum atomic E-state index is -0.615. The van der Waals surface area contributed by atoms with Crippen molar-refractivity contribution >= 4 is 23.3 Å². The molecule has 0 unspecified atom stereocenters. The number of carbonyl (C=O) groups excluding carboxylic acids is 1. The Bertz CT molecular complexity index is 560. The topological polar surface area (TPSA) is 82.3 Å². The van der Waals surface area contributed by atoms with Crippen molar-refractivity contribution in [2.75, 3.05) is 7.11 Å². The van der Waals surface area contributed by atoms with E-state index in [1.54, 1.807) is 0 Å². The van der Waals surface area contributed by atoms with E-state index >= 15 is 0 Å². The van der Waals surface area contributed by atoms with Crippen LogP contribution in [-0.4, -0.2) is 23.0 Å². The average molecular weight is 269 g/mol. The second-order valence-corrected chi connectivity index (χ2v) is 3.61. The zero-order valence-corrected chi connectivity index (χ0v) is 10.4. The van der Waals surface area contributed by atoms with Crippen LogP contribution in [0.3, 0.4) is 0 Å². The first-order chi connectivity index (χ1) is 8.47. The van der Waals surface area contributed by atoms with E-state index in [2.05, 4.69) is 21.6 Å². The van der Waals surface area contributed by atoms with Gasteiger partial charge in [0, 0.05) is 11.8 Å². The molecule has 18 heavy (non-hydrogen) atoms. The summed E-state index contributed by atoms with van der Waals surface area (Å²) in [4.78, 5) is 24.7. The van der Waals surface area contributed by atoms with Gasteiger partial charge in [0.1, 0.15) is 6.42 Å². The molecule has 0 atom stereocenters. The van der Waals surface area contributed by atoms with Crippen molar-refractivity contribution in [3.8, 4) is 11.8 Å². The van der Waals surface area contributed by atoms with Crippen LogP contribution in [0.25, 0.3) is 0 Å². The van der Waals surface area contributed by atoms with Gasteiger partial charge in [-0.3, -0.25) is 14.9 Å². The maximum atomic E-state index is 10.8. The molecular weight excluding hydrogens is 260 g/mol. The lowest BCUT2D eigenvalue weighted by molar-refractivity contribution is -0.385. The van der Waals surface area contributed by atoms with E-state index in [-0.39, 0.29) is 17.3 Å². The van der Waals surface area contributed by atoms with Crippen molar-refractivity contribution in [1.82, 2.24) is 4.98 Å². The number of ether oxygens (including phenoxy) is 1. The van der Waals surface area contributed by atoms with Crippen molar-refractivity contribution < 1.29 is 14.5 Å². The molecular formula is C11H9ClN2O4. The van der Waals surface area contributed by atoms with Gasteiger partial charge in [-0.2, -0.15) is 0 Å². The molecule has 0 amide bonds. The minimum absolute atomic E-state index is 0.0909. The van der Waals surface area contributed by atoms with Crippen LogP contribution in [0.15, 0.2) is 6.20 Å². The first kappa shape index (κ1) is 13.9. The van der Waals surface area contributed by atoms with Gasteiger partial charge in [0.2, 0.25) is 5.15 Å². The lowest BCUT2D eigenvalue weighted by Gasteiger charge is -2.00. The molecule has 1 aromatic rings. The van der Waals surface area contributed by atoms with Gasteiger partial charge in [0.25, 0.3) is 0 Å². The third kappa shape index (κ3) is 3.18. The molecule has 0 saturated heterocycles. The summed E-state index contributed by atoms with van der Waals surface area (Å²) >= 11 is 5.63. The lowest BCUT2D eigenvalue weighted by atomic mass is 10.1. The number of hydrogen-bond donors (Lipinski definition) is 0. The van der Waals surface area contributed by atoms with Crippen LogP contribution < -0.4 is 0 Å². The van der Waals surface area contributed by atoms with Crippen LogP contribution in [0, 0.1) is 28.9 Å². The van der Waals surface area contributed by atoms with Crippen LogP contribution in [0.1, 0.15) is 17.5 Å². The first-order valence-corrected chi connectivity index (χ1v) is 5.20. The molecule has 0 aliphatic rings. The fraction of sp³-hybridized carbons (Fsp3) is 0.273. The Morgan fingerprint density at radius 3 is 2.89 bits per heavy atom. The molecule has 6 nitrogen and oxygen atoms in total. The van der Waals surface area contributed by atoms with Crippen LogP contribution in [0.5, 0.6) is 0 Å². The monoisotopic (exact) mass is 268 g/mol. The van der Waals surface area contributed by atoms with E-state index in [4.69, 9.17) is 11.6 Å². The molecule has 0 N–H and O–H groups in total. The van der Waals surface area contributed by atoms with Crippen molar-refractivity contribution in [2.45, 2.75) is 13.3 Å². The molecule has 0 saturated carbocycles. The Morgan fingerprint density at radius 1 is 1.67 bits per heavy atom. The van der Waals surface area contributed by atoms with E-state index < -0.39 is 10.9 Å². The van der Waals surface area contributed by atoms with Gasteiger partial charge >= 0.3 is 11.7 Å². The van der Waals surface area contributed by atoms with Gasteiger partial charge in [-0.25, -0.2) is 4.98 Å². The predicted octanol–water partition coefficient (Wildman–Crippen LogP) is 1.87. The Labute approximate surface area is 108 Å². The zero-order chi connectivity index (χ0) is 13.7. The maximum absolute atomic E-state index is 10.8. The first-order valence-electron chi connectivity index (χ1n) is 4.82. The largest absolute Gasteiger partial charge is 0.468 e. The Morgan fingerprint density at radius 2 is 2.33 bits per heavy atom. The summed E-state index contributed by atoms with van der Waals surface area (Å²) in [6.07, 6.45) is 1.24. The summed E-state index contributed by atoms with van der Waals surface area (Å²) in [5.74, 6) is 4.70. The SMILES string of the molecule is COC(=O)CC#Cc1cnc(Cl)c([N+](=O)[O-])c1C. The molecule has 1 heterocycles. The number of carbonyl (C=O) groups is 1. The van der Waals surface area contributed by atoms with Gasteiger partial charge in [-0.1, -0.05) is 23.4 Å². The van der Waals surface area contributed by atoms with Crippen molar-refractivity contribution in [3.05, 3.63) is 32.6 Å². The minimum Gasteiger partial charge on any atom is -0.468 e. The molecule has 94 valence electrons. The second-order valence-electron chi connectivity index (χ2n) is 3.25. The quantitative estimate of drug-likeness (QED) is 0.269. The van der Waals surface area contributed by atoms with E-state index in [0.717, 1.165) is 0 Å². The van der Waals surface area contributed by atoms with Crippen LogP contribution in [0.2, 0.25) is 5.15 Å². The number of pyridine rings is 1. The van der Waals surface area contributed by atoms with Crippen LogP contribution in [-0.2, 0) is 9.53 Å². The lowest BCUT2D eigenvalue weighted by Crippen LogP contribution is -1.99. The van der Waals surface area contributed by atoms with Crippen LogP contribution >= 0.6 is 11.6 Å². The molecule has 0 aliphatic heterocycles. The fourth-order valence-electron chi connectivity index (χ4n) is 1.18. The van der Waals surface area contributed by atoms with Gasteiger partial charge in [-0.15, -0.1) is 0 Å². The highest BCUT2D eigenvalue weighted by Gasteiger charge is 2.19. The number of nitro groups is 1. The summed E-state index contributed by atoms with van der Waals surface area (Å²) in [5, 5.41) is 10.6. The van der Waals surface area contributed by atoms with Gasteiger partial charge in [0.05, 0.1) is 17.6 Å². The summed E-state index contributed by atoms with van der Waals surface area (Å²) in [7, 11) is 1.25. The van der Waals surface area contributed by atoms with E-state index in [9.17, 15) is 14.9 Å². The maximum Gasteiger partial charge on any atom is 0.317 e. The van der Waals surface area contributed by atoms with E-state index in [0.29, 0.717) is 11.1 Å². The van der Waals surface area contributed by atoms with Gasteiger partial charge < -0.3 is 4.74 Å². The number of hydrogen-bond acceptors (Lipinski definition) is 5. The number of nitrogens with zero attached hydrogens (tertiary/aromatic N) is 2. The predicted molar refractivity (Wildman–Crippen MR) is 64.1 cm³/mol. The molecule has 0 aliphatic carbocycles. The highest BCUT2D eigenvalue weighted by atomic mass is 35.5. The highest BCUT2D eigenvalue weighted by Crippen LogP contribution is 2.27. The standard InChI is InChI=1S/C11H9ClN2O4/c1-7-8(4-3-5-9(15)18-2)6-13-11(12)10(7)14(16)17/h6H,5H2,1-2H3. The smallest absolute Gasteiger partial charge is 0.317 e. The summed E-state index contributed by atoms with van der Waals surface area (Å²) in [6.45, 7) is 1.52. The third-order valence-corrected chi connectivity index (χ3v) is 2.40. The molecule has 1 aromatic heterocycles. The molecule has 7 heteroatoms. The van der Waals surface area contributed by atoms with Crippen molar-refractivity contribution in [2.24, 2.45) is 0 Å². The fourth-order valence-corrected chi connectivity index (χ4v) is 1.44. The number of halogens is 1. The zero-order valence-electron chi connectivity index (χ0n) is 9.69. The molecule has 0 bridgehead atoms. The Balaban J connectivity index is 3.08. The third-order valence-electron chi connectivity index (χ3n) is 2.13. The second kappa shape index (κ2) is 5.98. The van der Waals surface area contributed by atoms with Crippen LogP contribution in [0.4, 0.5) is 5.69 Å². The molecule has 0 aromatic carbocycles. The molecule has 0 fully saturated rings. The highest BCUT2D eigenvalue weighted by molar-refractivity contribution is 6.31.